The Morgan fingerprint density at radius 2 is 1.83 bits per heavy atom. The Kier molecular flexibility index (Phi) is 5.38. The molecule has 0 bridgehead atoms. The molecule has 1 saturated heterocycles. The van der Waals surface area contributed by atoms with Crippen LogP contribution in [0.25, 0.3) is 0 Å². The smallest absolute Gasteiger partial charge is 0.241 e. The summed E-state index contributed by atoms with van der Waals surface area (Å²) in [6.45, 7) is 1.13. The van der Waals surface area contributed by atoms with Crippen LogP contribution in [0.1, 0.15) is 30.7 Å². The molecule has 1 heterocycles. The molecule has 1 aromatic carbocycles. The molecular weight excluding hydrogens is 336 g/mol. The first-order valence-electron chi connectivity index (χ1n) is 7.70. The van der Waals surface area contributed by atoms with E-state index >= 15 is 0 Å². The molecule has 128 valence electrons. The van der Waals surface area contributed by atoms with Crippen molar-refractivity contribution < 1.29 is 13.2 Å². The summed E-state index contributed by atoms with van der Waals surface area (Å²) in [5.41, 5.74) is 1.20. The first-order valence-corrected chi connectivity index (χ1v) is 9.59. The van der Waals surface area contributed by atoms with Crippen LogP contribution in [0.2, 0.25) is 0 Å². The van der Waals surface area contributed by atoms with Crippen molar-refractivity contribution in [2.75, 3.05) is 19.3 Å². The maximum absolute atomic E-state index is 12.7. The highest BCUT2D eigenvalue weighted by Crippen LogP contribution is 2.41. The number of halogens is 1. The van der Waals surface area contributed by atoms with E-state index in [2.05, 4.69) is 10.6 Å². The number of hydrogen-bond acceptors (Lipinski definition) is 4. The van der Waals surface area contributed by atoms with Gasteiger partial charge in [0.15, 0.2) is 14.6 Å². The van der Waals surface area contributed by atoms with Gasteiger partial charge in [-0.2, -0.15) is 0 Å². The van der Waals surface area contributed by atoms with Crippen LogP contribution >= 0.6 is 12.4 Å². The van der Waals surface area contributed by atoms with Gasteiger partial charge in [-0.3, -0.25) is 4.79 Å². The number of benzene rings is 1. The molecule has 1 aliphatic heterocycles. The Labute approximate surface area is 143 Å². The second-order valence-corrected chi connectivity index (χ2v) is 8.68. The first kappa shape index (κ1) is 18.2. The van der Waals surface area contributed by atoms with E-state index in [1.165, 1.54) is 11.8 Å². The van der Waals surface area contributed by atoms with Gasteiger partial charge in [0, 0.05) is 18.2 Å². The van der Waals surface area contributed by atoms with Gasteiger partial charge in [0.25, 0.3) is 0 Å². The first-order chi connectivity index (χ1) is 10.4. The molecule has 2 N–H and O–H groups in total. The van der Waals surface area contributed by atoms with Crippen LogP contribution in [0.3, 0.4) is 0 Å². The van der Waals surface area contributed by atoms with Gasteiger partial charge in [0.05, 0.1) is 0 Å². The normalized spacial score (nSPS) is 26.0. The third kappa shape index (κ3) is 3.54. The van der Waals surface area contributed by atoms with E-state index in [0.29, 0.717) is 31.8 Å². The molecule has 2 atom stereocenters. The number of carbonyl (C=O) groups excluding carboxylic acids is 1. The third-order valence-corrected chi connectivity index (χ3v) is 6.88. The molecule has 23 heavy (non-hydrogen) atoms. The lowest BCUT2D eigenvalue weighted by Crippen LogP contribution is -2.57. The zero-order valence-corrected chi connectivity index (χ0v) is 14.8. The average Bonchev–Trinajstić information content (AvgIpc) is 3.27. The van der Waals surface area contributed by atoms with Gasteiger partial charge >= 0.3 is 0 Å². The predicted octanol–water partition coefficient (Wildman–Crippen LogP) is 1.25. The Hall–Kier alpha value is -1.11. The molecule has 2 unspecified atom stereocenters. The maximum atomic E-state index is 12.7. The number of nitrogens with one attached hydrogen (secondary N) is 2. The fourth-order valence-electron chi connectivity index (χ4n) is 3.32. The zero-order valence-electron chi connectivity index (χ0n) is 13.1. The number of piperidine rings is 1. The van der Waals surface area contributed by atoms with Gasteiger partial charge in [-0.05, 0) is 37.9 Å². The molecule has 2 aliphatic rings. The molecule has 1 aromatic rings. The van der Waals surface area contributed by atoms with E-state index in [-0.39, 0.29) is 24.4 Å². The van der Waals surface area contributed by atoms with Crippen LogP contribution < -0.4 is 10.6 Å². The van der Waals surface area contributed by atoms with Crippen molar-refractivity contribution in [1.29, 1.82) is 0 Å². The van der Waals surface area contributed by atoms with Gasteiger partial charge in [0.1, 0.15) is 0 Å². The SMILES string of the molecule is CS(=O)(=O)C1(C(=O)NC2CC2c2ccccc2)CCNCC1.Cl. The van der Waals surface area contributed by atoms with E-state index in [1.807, 2.05) is 30.3 Å². The van der Waals surface area contributed by atoms with Crippen LogP contribution in [0.5, 0.6) is 0 Å². The molecule has 1 saturated carbocycles. The fourth-order valence-corrected chi connectivity index (χ4v) is 4.66. The van der Waals surface area contributed by atoms with Crippen LogP contribution in [0, 0.1) is 0 Å². The maximum Gasteiger partial charge on any atom is 0.241 e. The minimum Gasteiger partial charge on any atom is -0.351 e. The largest absolute Gasteiger partial charge is 0.351 e. The van der Waals surface area contributed by atoms with Crippen molar-refractivity contribution in [3.63, 3.8) is 0 Å². The highest BCUT2D eigenvalue weighted by molar-refractivity contribution is 7.92. The van der Waals surface area contributed by atoms with Gasteiger partial charge in [-0.25, -0.2) is 8.42 Å². The summed E-state index contributed by atoms with van der Waals surface area (Å²) in [6, 6.07) is 10.1. The summed E-state index contributed by atoms with van der Waals surface area (Å²) >= 11 is 0. The van der Waals surface area contributed by atoms with E-state index in [9.17, 15) is 13.2 Å². The van der Waals surface area contributed by atoms with Crippen molar-refractivity contribution in [2.45, 2.75) is 36.0 Å². The Morgan fingerprint density at radius 3 is 2.39 bits per heavy atom. The molecule has 1 amide bonds. The molecule has 7 heteroatoms. The van der Waals surface area contributed by atoms with Gasteiger partial charge < -0.3 is 10.6 Å². The number of sulfone groups is 1. The molecule has 0 radical (unpaired) electrons. The average molecular weight is 359 g/mol. The Morgan fingerprint density at radius 1 is 1.22 bits per heavy atom. The van der Waals surface area contributed by atoms with Gasteiger partial charge in [-0.15, -0.1) is 12.4 Å². The molecule has 0 spiro atoms. The molecular formula is C16H23ClN2O3S. The third-order valence-electron chi connectivity index (χ3n) is 4.87. The summed E-state index contributed by atoms with van der Waals surface area (Å²) in [7, 11) is -3.44. The van der Waals surface area contributed by atoms with E-state index in [4.69, 9.17) is 0 Å². The number of rotatable bonds is 4. The quantitative estimate of drug-likeness (QED) is 0.849. The van der Waals surface area contributed by atoms with E-state index < -0.39 is 14.6 Å². The Bertz CT molecular complexity index is 657. The summed E-state index contributed by atoms with van der Waals surface area (Å²) in [5, 5.41) is 6.10. The predicted molar refractivity (Wildman–Crippen MR) is 92.7 cm³/mol. The van der Waals surface area contributed by atoms with Crippen molar-refractivity contribution in [2.24, 2.45) is 0 Å². The van der Waals surface area contributed by atoms with Gasteiger partial charge in [-0.1, -0.05) is 30.3 Å². The second kappa shape index (κ2) is 6.79. The summed E-state index contributed by atoms with van der Waals surface area (Å²) in [5.74, 6) is -0.0107. The minimum absolute atomic E-state index is 0. The number of carbonyl (C=O) groups is 1. The Balaban J connectivity index is 0.00000192. The van der Waals surface area contributed by atoms with Crippen molar-refractivity contribution in [1.82, 2.24) is 10.6 Å². The van der Waals surface area contributed by atoms with Crippen LogP contribution in [-0.2, 0) is 14.6 Å². The summed E-state index contributed by atoms with van der Waals surface area (Å²) in [4.78, 5) is 12.7. The second-order valence-electron chi connectivity index (χ2n) is 6.35. The monoisotopic (exact) mass is 358 g/mol. The molecule has 0 aromatic heterocycles. The van der Waals surface area contributed by atoms with E-state index in [1.54, 1.807) is 0 Å². The van der Waals surface area contributed by atoms with E-state index in [0.717, 1.165) is 6.42 Å². The topological polar surface area (TPSA) is 75.3 Å². The van der Waals surface area contributed by atoms with Gasteiger partial charge in [0.2, 0.25) is 5.91 Å². The van der Waals surface area contributed by atoms with Crippen molar-refractivity contribution >= 4 is 28.2 Å². The molecule has 2 fully saturated rings. The lowest BCUT2D eigenvalue weighted by Gasteiger charge is -2.34. The highest BCUT2D eigenvalue weighted by atomic mass is 35.5. The summed E-state index contributed by atoms with van der Waals surface area (Å²) < 4.78 is 23.2. The fraction of sp³-hybridized carbons (Fsp3) is 0.562. The summed E-state index contributed by atoms with van der Waals surface area (Å²) in [6.07, 6.45) is 2.76. The number of amides is 1. The lowest BCUT2D eigenvalue weighted by molar-refractivity contribution is -0.124. The van der Waals surface area contributed by atoms with Crippen molar-refractivity contribution in [3.8, 4) is 0 Å². The van der Waals surface area contributed by atoms with Crippen LogP contribution in [0.4, 0.5) is 0 Å². The molecule has 3 rings (SSSR count). The lowest BCUT2D eigenvalue weighted by atomic mass is 9.95. The minimum atomic E-state index is -3.44. The standard InChI is InChI=1S/C16H22N2O3S.ClH/c1-22(20,21)16(7-9-17-10-8-16)15(19)18-14-11-13(14)12-5-3-2-4-6-12;/h2-6,13-14,17H,7-11H2,1H3,(H,18,19);1H. The molecule has 1 aliphatic carbocycles. The highest BCUT2D eigenvalue weighted by Gasteiger charge is 2.51. The zero-order chi connectivity index (χ0) is 15.8. The van der Waals surface area contributed by atoms with Crippen molar-refractivity contribution in [3.05, 3.63) is 35.9 Å². The van der Waals surface area contributed by atoms with Crippen LogP contribution in [0.15, 0.2) is 30.3 Å². The van der Waals surface area contributed by atoms with Crippen LogP contribution in [-0.4, -0.2) is 44.5 Å². The number of hydrogen-bond donors (Lipinski definition) is 2. The molecule has 5 nitrogen and oxygen atoms in total.